The first-order chi connectivity index (χ1) is 11.9. The smallest absolute Gasteiger partial charge is 0.338 e. The summed E-state index contributed by atoms with van der Waals surface area (Å²) < 4.78 is 29.3. The molecule has 3 N–H and O–H groups in total. The molecule has 2 aromatic heterocycles. The van der Waals surface area contributed by atoms with E-state index in [1.807, 2.05) is 13.1 Å². The third-order valence-corrected chi connectivity index (χ3v) is 7.18. The van der Waals surface area contributed by atoms with Crippen LogP contribution in [0.2, 0.25) is 0 Å². The van der Waals surface area contributed by atoms with Gasteiger partial charge in [0.25, 0.3) is 10.0 Å². The summed E-state index contributed by atoms with van der Waals surface area (Å²) in [5, 5.41) is 16.8. The van der Waals surface area contributed by atoms with Crippen molar-refractivity contribution in [2.75, 3.05) is 13.1 Å². The van der Waals surface area contributed by atoms with Crippen molar-refractivity contribution in [2.24, 2.45) is 0 Å². The molecule has 0 bridgehead atoms. The second-order valence-electron chi connectivity index (χ2n) is 5.93. The van der Waals surface area contributed by atoms with E-state index in [-0.39, 0.29) is 16.3 Å². The predicted molar refractivity (Wildman–Crippen MR) is 93.5 cm³/mol. The number of fused-ring (bicyclic) bond motifs is 1. The van der Waals surface area contributed by atoms with Crippen molar-refractivity contribution in [1.82, 2.24) is 19.8 Å². The number of carboxylic acids is 1. The Kier molecular flexibility index (Phi) is 5.23. The number of nitrogens with one attached hydrogen (secondary N) is 2. The normalized spacial score (nSPS) is 14.4. The molecule has 1 aliphatic rings. The molecule has 25 heavy (non-hydrogen) atoms. The van der Waals surface area contributed by atoms with Crippen LogP contribution >= 0.6 is 11.3 Å². The summed E-state index contributed by atoms with van der Waals surface area (Å²) in [5.74, 6) is -1.19. The quantitative estimate of drug-likeness (QED) is 0.613. The Labute approximate surface area is 149 Å². The number of hydrogen-bond donors (Lipinski definition) is 3. The first-order valence-electron chi connectivity index (χ1n) is 7.96. The fraction of sp³-hybridized carbons (Fsp3) is 0.467. The number of aryl methyl sites for hydroxylation is 2. The molecule has 0 saturated carbocycles. The zero-order chi connectivity index (χ0) is 18.0. The van der Waals surface area contributed by atoms with Gasteiger partial charge in [-0.2, -0.15) is 5.10 Å². The molecule has 3 rings (SSSR count). The van der Waals surface area contributed by atoms with Crippen LogP contribution in [-0.2, 0) is 29.5 Å². The maximum atomic E-state index is 12.6. The van der Waals surface area contributed by atoms with Gasteiger partial charge in [-0.1, -0.05) is 0 Å². The molecule has 10 heteroatoms. The highest BCUT2D eigenvalue weighted by molar-refractivity contribution is 7.91. The third-order valence-electron chi connectivity index (χ3n) is 3.97. The van der Waals surface area contributed by atoms with E-state index in [9.17, 15) is 18.3 Å². The minimum atomic E-state index is -3.85. The van der Waals surface area contributed by atoms with Gasteiger partial charge >= 0.3 is 5.97 Å². The first kappa shape index (κ1) is 18.1. The fourth-order valence-corrected chi connectivity index (χ4v) is 5.80. The van der Waals surface area contributed by atoms with Gasteiger partial charge in [-0.3, -0.25) is 4.68 Å². The lowest BCUT2D eigenvalue weighted by Gasteiger charge is -2.12. The largest absolute Gasteiger partial charge is 0.478 e. The minimum absolute atomic E-state index is 0.0725. The minimum Gasteiger partial charge on any atom is -0.478 e. The second kappa shape index (κ2) is 7.24. The number of carboxylic acid groups (broad SMARTS) is 1. The molecule has 1 aliphatic heterocycles. The topological polar surface area (TPSA) is 113 Å². The van der Waals surface area contributed by atoms with Crippen molar-refractivity contribution in [3.63, 3.8) is 0 Å². The molecule has 0 radical (unpaired) electrons. The first-order valence-corrected chi connectivity index (χ1v) is 10.3. The Morgan fingerprint density at radius 1 is 1.52 bits per heavy atom. The summed E-state index contributed by atoms with van der Waals surface area (Å²) in [7, 11) is -3.85. The second-order valence-corrected chi connectivity index (χ2v) is 9.00. The van der Waals surface area contributed by atoms with Gasteiger partial charge in [-0.05, 0) is 37.4 Å². The van der Waals surface area contributed by atoms with Gasteiger partial charge in [0.15, 0.2) is 0 Å². The highest BCUT2D eigenvalue weighted by atomic mass is 32.2. The SMILES string of the molecule is Cc1cnn(CCCNS(=O)(=O)c2sc3c(c2C(=O)O)CCNC3)c1. The maximum absolute atomic E-state index is 12.6. The highest BCUT2D eigenvalue weighted by Gasteiger charge is 2.31. The Morgan fingerprint density at radius 2 is 2.32 bits per heavy atom. The van der Waals surface area contributed by atoms with Crippen LogP contribution in [-0.4, -0.2) is 42.4 Å². The number of nitrogens with zero attached hydrogens (tertiary/aromatic N) is 2. The van der Waals surface area contributed by atoms with Crippen LogP contribution in [0, 0.1) is 6.92 Å². The van der Waals surface area contributed by atoms with Crippen LogP contribution in [0.4, 0.5) is 0 Å². The molecule has 0 spiro atoms. The van der Waals surface area contributed by atoms with Crippen LogP contribution in [0.5, 0.6) is 0 Å². The summed E-state index contributed by atoms with van der Waals surface area (Å²) in [4.78, 5) is 12.4. The number of aromatic nitrogens is 2. The standard InChI is InChI=1S/C15H20N4O4S2/c1-10-7-17-19(9-10)6-2-4-18-25(22,23)15-13(14(20)21)11-3-5-16-8-12(11)24-15/h7,9,16,18H,2-6,8H2,1H3,(H,20,21). The zero-order valence-electron chi connectivity index (χ0n) is 13.8. The van der Waals surface area contributed by atoms with Crippen LogP contribution < -0.4 is 10.0 Å². The van der Waals surface area contributed by atoms with Gasteiger partial charge in [-0.15, -0.1) is 11.3 Å². The van der Waals surface area contributed by atoms with Crippen LogP contribution in [0.3, 0.4) is 0 Å². The van der Waals surface area contributed by atoms with Crippen LogP contribution in [0.1, 0.15) is 32.8 Å². The van der Waals surface area contributed by atoms with E-state index in [1.165, 1.54) is 0 Å². The molecule has 0 saturated heterocycles. The molecule has 0 fully saturated rings. The molecule has 2 aromatic rings. The van der Waals surface area contributed by atoms with E-state index in [2.05, 4.69) is 15.1 Å². The number of rotatable bonds is 7. The monoisotopic (exact) mass is 384 g/mol. The molecule has 8 nitrogen and oxygen atoms in total. The van der Waals surface area contributed by atoms with Crippen molar-refractivity contribution < 1.29 is 18.3 Å². The Balaban J connectivity index is 1.71. The number of aromatic carboxylic acids is 1. The van der Waals surface area contributed by atoms with E-state index in [0.717, 1.165) is 21.8 Å². The lowest BCUT2D eigenvalue weighted by molar-refractivity contribution is 0.0692. The average Bonchev–Trinajstić information content (AvgIpc) is 3.15. The van der Waals surface area contributed by atoms with Crippen molar-refractivity contribution in [2.45, 2.75) is 37.1 Å². The number of hydrogen-bond acceptors (Lipinski definition) is 6. The number of carbonyl (C=O) groups is 1. The molecular formula is C15H20N4O4S2. The zero-order valence-corrected chi connectivity index (χ0v) is 15.4. The van der Waals surface area contributed by atoms with Gasteiger partial charge in [0, 0.05) is 30.7 Å². The fourth-order valence-electron chi connectivity index (χ4n) is 2.82. The Bertz CT molecular complexity index is 885. The van der Waals surface area contributed by atoms with E-state index in [1.54, 1.807) is 10.9 Å². The van der Waals surface area contributed by atoms with E-state index in [4.69, 9.17) is 0 Å². The van der Waals surface area contributed by atoms with Gasteiger partial charge in [-0.25, -0.2) is 17.9 Å². The van der Waals surface area contributed by atoms with Crippen LogP contribution in [0.15, 0.2) is 16.6 Å². The van der Waals surface area contributed by atoms with Gasteiger partial charge in [0.1, 0.15) is 4.21 Å². The van der Waals surface area contributed by atoms with Gasteiger partial charge in [0.2, 0.25) is 0 Å². The molecule has 0 atom stereocenters. The lowest BCUT2D eigenvalue weighted by atomic mass is 10.1. The van der Waals surface area contributed by atoms with Crippen LogP contribution in [0.25, 0.3) is 0 Å². The molecule has 0 aliphatic carbocycles. The van der Waals surface area contributed by atoms with Crippen molar-refractivity contribution in [3.05, 3.63) is 34.0 Å². The third kappa shape index (κ3) is 3.92. The van der Waals surface area contributed by atoms with Gasteiger partial charge in [0.05, 0.1) is 11.8 Å². The Morgan fingerprint density at radius 3 is 3.00 bits per heavy atom. The van der Waals surface area contributed by atoms with Crippen molar-refractivity contribution in [1.29, 1.82) is 0 Å². The highest BCUT2D eigenvalue weighted by Crippen LogP contribution is 2.34. The molecule has 0 unspecified atom stereocenters. The summed E-state index contributed by atoms with van der Waals surface area (Å²) in [6, 6.07) is 0. The summed E-state index contributed by atoms with van der Waals surface area (Å²) in [6.07, 6.45) is 4.72. The predicted octanol–water partition coefficient (Wildman–Crippen LogP) is 0.966. The van der Waals surface area contributed by atoms with Crippen molar-refractivity contribution >= 4 is 27.3 Å². The number of thiophene rings is 1. The summed E-state index contributed by atoms with van der Waals surface area (Å²) in [6.45, 7) is 3.91. The summed E-state index contributed by atoms with van der Waals surface area (Å²) in [5.41, 5.74) is 1.62. The lowest BCUT2D eigenvalue weighted by Crippen LogP contribution is -2.27. The Hall–Kier alpha value is -1.75. The van der Waals surface area contributed by atoms with E-state index < -0.39 is 16.0 Å². The van der Waals surface area contributed by atoms with E-state index >= 15 is 0 Å². The van der Waals surface area contributed by atoms with Gasteiger partial charge < -0.3 is 10.4 Å². The molecular weight excluding hydrogens is 364 g/mol. The average molecular weight is 384 g/mol. The van der Waals surface area contributed by atoms with E-state index in [0.29, 0.717) is 38.0 Å². The van der Waals surface area contributed by atoms with Crippen molar-refractivity contribution in [3.8, 4) is 0 Å². The maximum Gasteiger partial charge on any atom is 0.338 e. The summed E-state index contributed by atoms with van der Waals surface area (Å²) >= 11 is 1.04. The molecule has 3 heterocycles. The molecule has 0 aromatic carbocycles. The molecule has 0 amide bonds. The number of sulfonamides is 1. The molecule has 136 valence electrons.